The van der Waals surface area contributed by atoms with Gasteiger partial charge in [-0.15, -0.1) is 9.78 Å². The van der Waals surface area contributed by atoms with Crippen molar-refractivity contribution in [2.24, 2.45) is 5.41 Å². The molecule has 0 saturated carbocycles. The maximum Gasteiger partial charge on any atom is 0.324 e. The Bertz CT molecular complexity index is 1610. The minimum absolute atomic E-state index is 0. The summed E-state index contributed by atoms with van der Waals surface area (Å²) in [6, 6.07) is 8.75. The van der Waals surface area contributed by atoms with Crippen LogP contribution in [0.1, 0.15) is 33.3 Å². The van der Waals surface area contributed by atoms with Crippen LogP contribution >= 0.6 is 0 Å². The lowest BCUT2D eigenvalue weighted by atomic mass is 9.85. The first-order valence-electron chi connectivity index (χ1n) is 13.7. The van der Waals surface area contributed by atoms with Crippen LogP contribution in [0, 0.1) is 17.0 Å². The zero-order valence-electron chi connectivity index (χ0n) is 24.6. The van der Waals surface area contributed by atoms with Gasteiger partial charge in [0, 0.05) is 35.5 Å². The summed E-state index contributed by atoms with van der Waals surface area (Å²) in [4.78, 5) is 28.8. The van der Waals surface area contributed by atoms with Crippen LogP contribution in [-0.4, -0.2) is 65.9 Å². The van der Waals surface area contributed by atoms with Crippen LogP contribution in [0.25, 0.3) is 5.69 Å². The number of ether oxygens (including phenoxy) is 1. The van der Waals surface area contributed by atoms with E-state index in [1.165, 1.54) is 32.9 Å². The molecule has 0 bridgehead atoms. The van der Waals surface area contributed by atoms with Crippen molar-refractivity contribution in [2.45, 2.75) is 52.6 Å². The van der Waals surface area contributed by atoms with Crippen LogP contribution in [-0.2, 0) is 28.4 Å². The molecule has 15 heteroatoms. The van der Waals surface area contributed by atoms with Gasteiger partial charge in [0.25, 0.3) is 6.33 Å². The second kappa shape index (κ2) is 12.7. The molecule has 2 aromatic heterocycles. The van der Waals surface area contributed by atoms with Gasteiger partial charge >= 0.3 is 12.0 Å². The minimum atomic E-state index is -2.02. The van der Waals surface area contributed by atoms with Crippen LogP contribution < -0.4 is 21.9 Å². The van der Waals surface area contributed by atoms with Crippen molar-refractivity contribution >= 4 is 17.7 Å². The standard InChI is InChI=1S/C29H33F2N8O4.ClH/c1-20(37-13-14-38(27(37)41)22-6-8-23(9-7-22)39-12-11-32-34-39)29(42,24-10-5-21(30)15-25(24)31)16-36-18-35(17-33-36)19-43-26(40)28(2,3)4;/h5-12,15,17-18,20,42H,13-14,16,19H2,1-4H3;1H/q+1;/p-1/t20-,29-;/m1./s1. The van der Waals surface area contributed by atoms with Crippen molar-refractivity contribution < 1.29 is 45.2 Å². The fraction of sp³-hybridized carbons (Fsp3) is 0.379. The number of hydrogen-bond acceptors (Lipinski definition) is 7. The molecule has 1 saturated heterocycles. The average molecular weight is 631 g/mol. The number of anilines is 1. The number of hydrogen-bond donors (Lipinski definition) is 1. The lowest BCUT2D eigenvalue weighted by Gasteiger charge is -2.38. The van der Waals surface area contributed by atoms with Gasteiger partial charge in [-0.2, -0.15) is 0 Å². The number of halogens is 3. The molecule has 1 fully saturated rings. The second-order valence-corrected chi connectivity index (χ2v) is 11.5. The molecule has 0 unspecified atom stereocenters. The molecule has 2 atom stereocenters. The van der Waals surface area contributed by atoms with E-state index in [1.807, 2.05) is 0 Å². The lowest BCUT2D eigenvalue weighted by molar-refractivity contribution is -0.728. The molecule has 3 heterocycles. The van der Waals surface area contributed by atoms with E-state index in [1.54, 1.807) is 73.9 Å². The zero-order chi connectivity index (χ0) is 30.9. The van der Waals surface area contributed by atoms with E-state index in [4.69, 9.17) is 4.74 Å². The topological polar surface area (TPSA) is 122 Å². The van der Waals surface area contributed by atoms with Crippen LogP contribution in [0.5, 0.6) is 0 Å². The molecule has 0 spiro atoms. The zero-order valence-corrected chi connectivity index (χ0v) is 25.4. The number of esters is 1. The van der Waals surface area contributed by atoms with Crippen LogP contribution in [0.15, 0.2) is 67.5 Å². The third-order valence-electron chi connectivity index (χ3n) is 7.44. The fourth-order valence-corrected chi connectivity index (χ4v) is 4.93. The van der Waals surface area contributed by atoms with Crippen molar-refractivity contribution in [3.05, 3.63) is 84.7 Å². The van der Waals surface area contributed by atoms with Crippen LogP contribution in [0.3, 0.4) is 0 Å². The number of benzene rings is 2. The smallest absolute Gasteiger partial charge is 0.324 e. The number of carbonyl (C=O) groups excluding carboxylic acids is 2. The summed E-state index contributed by atoms with van der Waals surface area (Å²) in [5.41, 5.74) is -1.50. The molecular weight excluding hydrogens is 598 g/mol. The summed E-state index contributed by atoms with van der Waals surface area (Å²) in [6.45, 7) is 6.98. The van der Waals surface area contributed by atoms with Gasteiger partial charge in [-0.25, -0.2) is 22.8 Å². The van der Waals surface area contributed by atoms with Gasteiger partial charge in [-0.1, -0.05) is 11.3 Å². The van der Waals surface area contributed by atoms with Crippen molar-refractivity contribution in [2.75, 3.05) is 18.0 Å². The molecule has 234 valence electrons. The molecule has 1 aliphatic heterocycles. The number of aromatic nitrogens is 6. The van der Waals surface area contributed by atoms with Gasteiger partial charge in [-0.3, -0.25) is 9.69 Å². The number of nitrogens with zero attached hydrogens (tertiary/aromatic N) is 8. The normalized spacial score (nSPS) is 15.6. The summed E-state index contributed by atoms with van der Waals surface area (Å²) < 4.78 is 38.8. The number of carbonyl (C=O) groups is 2. The molecule has 1 aliphatic rings. The van der Waals surface area contributed by atoms with E-state index in [9.17, 15) is 19.1 Å². The van der Waals surface area contributed by atoms with E-state index in [2.05, 4.69) is 15.4 Å². The summed E-state index contributed by atoms with van der Waals surface area (Å²) in [7, 11) is 0. The number of rotatable bonds is 9. The average Bonchev–Trinajstić information content (AvgIpc) is 3.73. The first kappa shape index (κ1) is 32.5. The van der Waals surface area contributed by atoms with E-state index < -0.39 is 34.7 Å². The molecule has 0 aliphatic carbocycles. The highest BCUT2D eigenvalue weighted by atomic mass is 35.5. The molecule has 2 aromatic carbocycles. The van der Waals surface area contributed by atoms with Crippen molar-refractivity contribution in [3.8, 4) is 5.69 Å². The minimum Gasteiger partial charge on any atom is -1.00 e. The van der Waals surface area contributed by atoms with E-state index in [-0.39, 0.29) is 43.8 Å². The Labute approximate surface area is 258 Å². The first-order chi connectivity index (χ1) is 20.4. The van der Waals surface area contributed by atoms with Gasteiger partial charge < -0.3 is 27.2 Å². The maximum absolute atomic E-state index is 15.2. The third kappa shape index (κ3) is 6.55. The van der Waals surface area contributed by atoms with E-state index >= 15 is 4.39 Å². The number of aliphatic hydroxyl groups is 1. The van der Waals surface area contributed by atoms with Crippen molar-refractivity contribution in [1.29, 1.82) is 0 Å². The molecule has 1 N–H and O–H groups in total. The predicted molar refractivity (Wildman–Crippen MR) is 148 cm³/mol. The van der Waals surface area contributed by atoms with Crippen LogP contribution in [0.4, 0.5) is 19.3 Å². The summed E-state index contributed by atoms with van der Waals surface area (Å²) in [5.74, 6) is -2.16. The lowest BCUT2D eigenvalue weighted by Crippen LogP contribution is -3.00. The summed E-state index contributed by atoms with van der Waals surface area (Å²) in [6.07, 6.45) is 6.15. The van der Waals surface area contributed by atoms with Gasteiger partial charge in [0.2, 0.25) is 13.1 Å². The summed E-state index contributed by atoms with van der Waals surface area (Å²) >= 11 is 0. The molecule has 44 heavy (non-hydrogen) atoms. The Hall–Kier alpha value is -4.43. The van der Waals surface area contributed by atoms with Gasteiger partial charge in [0.1, 0.15) is 23.8 Å². The maximum atomic E-state index is 15.2. The molecular formula is C29H33ClF2N8O4. The molecule has 2 amide bonds. The fourth-order valence-electron chi connectivity index (χ4n) is 4.93. The number of urea groups is 1. The highest BCUT2D eigenvalue weighted by Crippen LogP contribution is 2.35. The van der Waals surface area contributed by atoms with Gasteiger partial charge in [0.15, 0.2) is 0 Å². The molecule has 4 aromatic rings. The van der Waals surface area contributed by atoms with E-state index in [0.717, 1.165) is 11.8 Å². The summed E-state index contributed by atoms with van der Waals surface area (Å²) in [5, 5.41) is 24.1. The molecule has 5 rings (SSSR count). The Morgan fingerprint density at radius 1 is 1.11 bits per heavy atom. The second-order valence-electron chi connectivity index (χ2n) is 11.5. The monoisotopic (exact) mass is 630 g/mol. The third-order valence-corrected chi connectivity index (χ3v) is 7.44. The van der Waals surface area contributed by atoms with Gasteiger partial charge in [0.05, 0.1) is 29.5 Å². The SMILES string of the molecule is C[C@@H](N1CCN(c2ccc(-n3ccnn3)cc2)C1=O)[C@](O)(Cn1c[n+](COC(=O)C(C)(C)C)cn1)c1ccc(F)cc1F.[Cl-]. The van der Waals surface area contributed by atoms with Crippen molar-refractivity contribution in [1.82, 2.24) is 29.7 Å². The Kier molecular flexibility index (Phi) is 9.35. The largest absolute Gasteiger partial charge is 1.00 e. The Morgan fingerprint density at radius 3 is 2.45 bits per heavy atom. The van der Waals surface area contributed by atoms with Gasteiger partial charge in [-0.05, 0) is 58.0 Å². The predicted octanol–water partition coefficient (Wildman–Crippen LogP) is -0.201. The Morgan fingerprint density at radius 2 is 1.82 bits per heavy atom. The highest BCUT2D eigenvalue weighted by molar-refractivity contribution is 5.94. The first-order valence-corrected chi connectivity index (χ1v) is 13.7. The Balaban J connectivity index is 0.00000442. The van der Waals surface area contributed by atoms with Crippen molar-refractivity contribution in [3.63, 3.8) is 0 Å². The van der Waals surface area contributed by atoms with E-state index in [0.29, 0.717) is 18.3 Å². The molecule has 12 nitrogen and oxygen atoms in total. The number of amides is 2. The van der Waals surface area contributed by atoms with Crippen LogP contribution in [0.2, 0.25) is 0 Å². The molecule has 0 radical (unpaired) electrons. The highest BCUT2D eigenvalue weighted by Gasteiger charge is 2.47. The quantitative estimate of drug-likeness (QED) is 0.201.